The number of ether oxygens (including phenoxy) is 1. The molecular formula is C23H26ClN7O2. The van der Waals surface area contributed by atoms with Crippen LogP contribution in [0.1, 0.15) is 12.8 Å². The first-order valence-electron chi connectivity index (χ1n) is 11.2. The summed E-state index contributed by atoms with van der Waals surface area (Å²) in [5.74, 6) is 0.988. The van der Waals surface area contributed by atoms with Crippen LogP contribution in [0.5, 0.6) is 0 Å². The van der Waals surface area contributed by atoms with Crippen molar-refractivity contribution in [2.24, 2.45) is 5.92 Å². The van der Waals surface area contributed by atoms with Crippen LogP contribution in [0.2, 0.25) is 5.02 Å². The summed E-state index contributed by atoms with van der Waals surface area (Å²) in [6.45, 7) is 4.22. The Morgan fingerprint density at radius 1 is 1.24 bits per heavy atom. The molecule has 2 saturated heterocycles. The molecule has 2 aliphatic heterocycles. The van der Waals surface area contributed by atoms with Crippen LogP contribution < -0.4 is 15.5 Å². The Morgan fingerprint density at radius 2 is 2.12 bits per heavy atom. The Bertz CT molecular complexity index is 1110. The van der Waals surface area contributed by atoms with Gasteiger partial charge in [-0.2, -0.15) is 5.10 Å². The molecule has 2 aromatic heterocycles. The number of amides is 1. The van der Waals surface area contributed by atoms with E-state index in [1.807, 2.05) is 35.1 Å². The molecule has 172 valence electrons. The van der Waals surface area contributed by atoms with Crippen LogP contribution in [0.25, 0.3) is 11.3 Å². The fraction of sp³-hybridized carbons (Fsp3) is 0.391. The topological polar surface area (TPSA) is 97.2 Å². The molecule has 3 aromatic rings. The van der Waals surface area contributed by atoms with E-state index in [2.05, 4.69) is 25.7 Å². The number of halogens is 1. The molecule has 4 heterocycles. The average Bonchev–Trinajstić information content (AvgIpc) is 3.30. The SMILES string of the molecule is O=C1COCCN1c1ccc(Nc2ncc(Cl)c(-c3cnn(CC4CCCNC4)c3)n2)cc1. The normalized spacial score (nSPS) is 19.0. The monoisotopic (exact) mass is 467 g/mol. The van der Waals surface area contributed by atoms with Crippen LogP contribution in [0.4, 0.5) is 17.3 Å². The van der Waals surface area contributed by atoms with Crippen molar-refractivity contribution in [1.29, 1.82) is 0 Å². The Kier molecular flexibility index (Phi) is 6.52. The number of anilines is 3. The van der Waals surface area contributed by atoms with Crippen molar-refractivity contribution in [1.82, 2.24) is 25.1 Å². The summed E-state index contributed by atoms with van der Waals surface area (Å²) < 4.78 is 7.16. The largest absolute Gasteiger partial charge is 0.370 e. The zero-order chi connectivity index (χ0) is 22.6. The van der Waals surface area contributed by atoms with Crippen LogP contribution >= 0.6 is 11.6 Å². The summed E-state index contributed by atoms with van der Waals surface area (Å²) in [4.78, 5) is 22.7. The van der Waals surface area contributed by atoms with E-state index in [-0.39, 0.29) is 12.5 Å². The van der Waals surface area contributed by atoms with Gasteiger partial charge in [-0.3, -0.25) is 9.48 Å². The van der Waals surface area contributed by atoms with E-state index in [1.165, 1.54) is 12.8 Å². The van der Waals surface area contributed by atoms with Crippen molar-refractivity contribution >= 4 is 34.8 Å². The Morgan fingerprint density at radius 3 is 2.91 bits per heavy atom. The van der Waals surface area contributed by atoms with Gasteiger partial charge >= 0.3 is 0 Å². The molecule has 33 heavy (non-hydrogen) atoms. The molecule has 0 spiro atoms. The lowest BCUT2D eigenvalue weighted by Crippen LogP contribution is -2.41. The molecule has 9 nitrogen and oxygen atoms in total. The average molecular weight is 468 g/mol. The molecular weight excluding hydrogens is 442 g/mol. The molecule has 1 amide bonds. The van der Waals surface area contributed by atoms with Crippen molar-refractivity contribution < 1.29 is 9.53 Å². The molecule has 5 rings (SSSR count). The summed E-state index contributed by atoms with van der Waals surface area (Å²) >= 11 is 6.41. The number of hydrogen-bond donors (Lipinski definition) is 2. The molecule has 2 aliphatic rings. The minimum Gasteiger partial charge on any atom is -0.370 e. The van der Waals surface area contributed by atoms with Gasteiger partial charge in [-0.25, -0.2) is 9.97 Å². The number of nitrogens with zero attached hydrogens (tertiary/aromatic N) is 5. The lowest BCUT2D eigenvalue weighted by molar-refractivity contribution is -0.125. The number of aromatic nitrogens is 4. The highest BCUT2D eigenvalue weighted by molar-refractivity contribution is 6.32. The second kappa shape index (κ2) is 9.86. The second-order valence-electron chi connectivity index (χ2n) is 8.32. The molecule has 1 unspecified atom stereocenters. The van der Waals surface area contributed by atoms with E-state index < -0.39 is 0 Å². The van der Waals surface area contributed by atoms with Crippen molar-refractivity contribution in [3.05, 3.63) is 47.9 Å². The van der Waals surface area contributed by atoms with Gasteiger partial charge in [0.05, 0.1) is 29.7 Å². The second-order valence-corrected chi connectivity index (χ2v) is 8.73. The summed E-state index contributed by atoms with van der Waals surface area (Å²) in [5, 5.41) is 11.6. The molecule has 1 aromatic carbocycles. The van der Waals surface area contributed by atoms with E-state index in [1.54, 1.807) is 17.3 Å². The van der Waals surface area contributed by atoms with Gasteiger partial charge in [0.1, 0.15) is 6.61 Å². The molecule has 1 atom stereocenters. The molecule has 2 fully saturated rings. The molecule has 0 bridgehead atoms. The predicted molar refractivity (Wildman–Crippen MR) is 127 cm³/mol. The lowest BCUT2D eigenvalue weighted by Gasteiger charge is -2.26. The summed E-state index contributed by atoms with van der Waals surface area (Å²) in [5.41, 5.74) is 3.15. The molecule has 0 aliphatic carbocycles. The van der Waals surface area contributed by atoms with Crippen molar-refractivity contribution in [2.45, 2.75) is 19.4 Å². The van der Waals surface area contributed by atoms with E-state index in [0.717, 1.165) is 36.6 Å². The first-order valence-corrected chi connectivity index (χ1v) is 11.5. The van der Waals surface area contributed by atoms with Gasteiger partial charge in [0, 0.05) is 36.2 Å². The summed E-state index contributed by atoms with van der Waals surface area (Å²) in [7, 11) is 0. The van der Waals surface area contributed by atoms with Gasteiger partial charge in [-0.15, -0.1) is 0 Å². The Labute approximate surface area is 197 Å². The lowest BCUT2D eigenvalue weighted by atomic mass is 10.00. The quantitative estimate of drug-likeness (QED) is 0.574. The minimum atomic E-state index is -0.0343. The zero-order valence-corrected chi connectivity index (χ0v) is 19.0. The van der Waals surface area contributed by atoms with Crippen molar-refractivity contribution in [3.63, 3.8) is 0 Å². The highest BCUT2D eigenvalue weighted by Gasteiger charge is 2.20. The fourth-order valence-corrected chi connectivity index (χ4v) is 4.40. The highest BCUT2D eigenvalue weighted by Crippen LogP contribution is 2.28. The number of piperidine rings is 1. The maximum absolute atomic E-state index is 12.0. The summed E-state index contributed by atoms with van der Waals surface area (Å²) in [6.07, 6.45) is 7.79. The maximum Gasteiger partial charge on any atom is 0.253 e. The van der Waals surface area contributed by atoms with E-state index in [9.17, 15) is 4.79 Å². The maximum atomic E-state index is 12.0. The van der Waals surface area contributed by atoms with Gasteiger partial charge < -0.3 is 20.3 Å². The number of morpholine rings is 1. The van der Waals surface area contributed by atoms with E-state index in [4.69, 9.17) is 16.3 Å². The van der Waals surface area contributed by atoms with Gasteiger partial charge in [0.2, 0.25) is 5.95 Å². The first kappa shape index (κ1) is 21.8. The molecule has 10 heteroatoms. The summed E-state index contributed by atoms with van der Waals surface area (Å²) in [6, 6.07) is 7.58. The standard InChI is InChI=1S/C23H26ClN7O2/c24-20-12-26-23(28-18-3-5-19(6-4-18)31-8-9-33-15-21(31)32)29-22(20)17-11-27-30(14-17)13-16-2-1-7-25-10-16/h3-6,11-12,14,16,25H,1-2,7-10,13,15H2,(H,26,28,29). The van der Waals surface area contributed by atoms with Crippen LogP contribution in [0, 0.1) is 5.92 Å². The number of carbonyl (C=O) groups is 1. The van der Waals surface area contributed by atoms with Gasteiger partial charge in [0.15, 0.2) is 0 Å². The molecule has 2 N–H and O–H groups in total. The van der Waals surface area contributed by atoms with Gasteiger partial charge in [-0.05, 0) is 56.1 Å². The van der Waals surface area contributed by atoms with E-state index >= 15 is 0 Å². The Balaban J connectivity index is 1.28. The number of nitrogens with one attached hydrogen (secondary N) is 2. The highest BCUT2D eigenvalue weighted by atomic mass is 35.5. The number of rotatable bonds is 6. The van der Waals surface area contributed by atoms with Gasteiger partial charge in [0.25, 0.3) is 5.91 Å². The zero-order valence-electron chi connectivity index (χ0n) is 18.2. The number of benzene rings is 1. The number of hydrogen-bond acceptors (Lipinski definition) is 7. The molecule has 0 radical (unpaired) electrons. The number of carbonyl (C=O) groups excluding carboxylic acids is 1. The third kappa shape index (κ3) is 5.16. The smallest absolute Gasteiger partial charge is 0.253 e. The Hall–Kier alpha value is -3.01. The van der Waals surface area contributed by atoms with Crippen LogP contribution in [0.15, 0.2) is 42.9 Å². The van der Waals surface area contributed by atoms with Crippen LogP contribution in [-0.4, -0.2) is 58.5 Å². The van der Waals surface area contributed by atoms with Crippen LogP contribution in [0.3, 0.4) is 0 Å². The van der Waals surface area contributed by atoms with Crippen molar-refractivity contribution in [3.8, 4) is 11.3 Å². The molecule has 0 saturated carbocycles. The third-order valence-corrected chi connectivity index (χ3v) is 6.19. The predicted octanol–water partition coefficient (Wildman–Crippen LogP) is 3.10. The van der Waals surface area contributed by atoms with Gasteiger partial charge in [-0.1, -0.05) is 11.6 Å². The third-order valence-electron chi connectivity index (χ3n) is 5.92. The fourth-order valence-electron chi connectivity index (χ4n) is 4.20. The van der Waals surface area contributed by atoms with Crippen molar-refractivity contribution in [2.75, 3.05) is 43.1 Å². The first-order chi connectivity index (χ1) is 16.2. The van der Waals surface area contributed by atoms with Crippen LogP contribution in [-0.2, 0) is 16.1 Å². The van der Waals surface area contributed by atoms with E-state index in [0.29, 0.717) is 35.7 Å². The minimum absolute atomic E-state index is 0.0343.